The summed E-state index contributed by atoms with van der Waals surface area (Å²) in [4.78, 5) is 2.38. The van der Waals surface area contributed by atoms with E-state index in [0.717, 1.165) is 52.6 Å². The van der Waals surface area contributed by atoms with E-state index in [1.807, 2.05) is 6.07 Å². The van der Waals surface area contributed by atoms with Crippen molar-refractivity contribution in [2.75, 3.05) is 4.90 Å². The molecule has 0 spiro atoms. The molecular formula is C49H36N2O. The molecule has 0 bridgehead atoms. The molecule has 3 heteroatoms. The van der Waals surface area contributed by atoms with Crippen molar-refractivity contribution in [1.29, 1.82) is 0 Å². The van der Waals surface area contributed by atoms with Crippen molar-refractivity contribution in [2.45, 2.75) is 19.3 Å². The second-order valence-corrected chi connectivity index (χ2v) is 13.6. The molecule has 0 radical (unpaired) electrons. The van der Waals surface area contributed by atoms with Gasteiger partial charge >= 0.3 is 0 Å². The third kappa shape index (κ3) is 4.97. The maximum Gasteiger partial charge on any atom is 0.159 e. The van der Waals surface area contributed by atoms with Gasteiger partial charge in [0.15, 0.2) is 5.58 Å². The first kappa shape index (κ1) is 30.3. The van der Waals surface area contributed by atoms with E-state index >= 15 is 0 Å². The molecule has 2 aromatic heterocycles. The molecule has 10 rings (SSSR count). The molecule has 0 saturated heterocycles. The number of benzene rings is 8. The summed E-state index contributed by atoms with van der Waals surface area (Å²) >= 11 is 0. The van der Waals surface area contributed by atoms with Crippen molar-refractivity contribution in [3.63, 3.8) is 0 Å². The first-order valence-electron chi connectivity index (χ1n) is 18.2. The van der Waals surface area contributed by atoms with Gasteiger partial charge in [0, 0.05) is 32.9 Å². The van der Waals surface area contributed by atoms with E-state index in [-0.39, 0.29) is 0 Å². The summed E-state index contributed by atoms with van der Waals surface area (Å²) in [5.74, 6) is 0. The number of para-hydroxylation sites is 6. The minimum Gasteiger partial charge on any atom is -0.454 e. The molecule has 0 saturated carbocycles. The topological polar surface area (TPSA) is 21.3 Å². The summed E-state index contributed by atoms with van der Waals surface area (Å²) in [5, 5.41) is 7.42. The summed E-state index contributed by atoms with van der Waals surface area (Å²) in [6.07, 6.45) is 2.86. The zero-order valence-corrected chi connectivity index (χ0v) is 28.7. The molecule has 0 aliphatic heterocycles. The van der Waals surface area contributed by atoms with E-state index in [9.17, 15) is 0 Å². The Bertz CT molecular complexity index is 2840. The van der Waals surface area contributed by atoms with Crippen molar-refractivity contribution in [2.24, 2.45) is 0 Å². The molecule has 10 aromatic rings. The van der Waals surface area contributed by atoms with Gasteiger partial charge in [-0.1, -0.05) is 133 Å². The average molecular weight is 669 g/mol. The number of fused-ring (bicyclic) bond motifs is 7. The second-order valence-electron chi connectivity index (χ2n) is 13.6. The van der Waals surface area contributed by atoms with E-state index in [2.05, 4.69) is 185 Å². The van der Waals surface area contributed by atoms with Crippen molar-refractivity contribution >= 4 is 71.6 Å². The van der Waals surface area contributed by atoms with E-state index in [4.69, 9.17) is 4.42 Å². The maximum absolute atomic E-state index is 6.59. The van der Waals surface area contributed by atoms with Gasteiger partial charge in [0.1, 0.15) is 5.58 Å². The fourth-order valence-electron chi connectivity index (χ4n) is 8.27. The van der Waals surface area contributed by atoms with Crippen LogP contribution in [0.15, 0.2) is 186 Å². The minimum atomic E-state index is 0.897. The highest BCUT2D eigenvalue weighted by Crippen LogP contribution is 2.43. The van der Waals surface area contributed by atoms with Gasteiger partial charge in [-0.05, 0) is 89.7 Å². The Kier molecular flexibility index (Phi) is 7.35. The molecule has 0 N–H and O–H groups in total. The van der Waals surface area contributed by atoms with Gasteiger partial charge in [-0.3, -0.25) is 0 Å². The van der Waals surface area contributed by atoms with Crippen LogP contribution in [0.25, 0.3) is 60.2 Å². The van der Waals surface area contributed by atoms with Crippen molar-refractivity contribution < 1.29 is 4.42 Å². The van der Waals surface area contributed by atoms with Crippen LogP contribution in [0.1, 0.15) is 17.5 Å². The largest absolute Gasteiger partial charge is 0.454 e. The van der Waals surface area contributed by atoms with Gasteiger partial charge in [0.25, 0.3) is 0 Å². The highest BCUT2D eigenvalue weighted by Gasteiger charge is 2.22. The summed E-state index contributed by atoms with van der Waals surface area (Å²) in [6.45, 7) is 0. The first-order chi connectivity index (χ1) is 25.8. The van der Waals surface area contributed by atoms with E-state index in [0.29, 0.717) is 0 Å². The number of hydrogen-bond acceptors (Lipinski definition) is 2. The van der Waals surface area contributed by atoms with Crippen LogP contribution in [0.5, 0.6) is 0 Å². The van der Waals surface area contributed by atoms with Gasteiger partial charge in [0.2, 0.25) is 0 Å². The Morgan fingerprint density at radius 1 is 0.442 bits per heavy atom. The van der Waals surface area contributed by atoms with Crippen LogP contribution in [-0.2, 0) is 12.8 Å². The van der Waals surface area contributed by atoms with Crippen molar-refractivity contribution in [1.82, 2.24) is 4.57 Å². The number of anilines is 3. The van der Waals surface area contributed by atoms with Crippen LogP contribution in [0.2, 0.25) is 0 Å². The van der Waals surface area contributed by atoms with E-state index in [1.54, 1.807) is 0 Å². The quantitative estimate of drug-likeness (QED) is 0.161. The number of hydrogen-bond donors (Lipinski definition) is 0. The summed E-state index contributed by atoms with van der Waals surface area (Å²) in [5.41, 5.74) is 11.5. The predicted octanol–water partition coefficient (Wildman–Crippen LogP) is 13.5. The van der Waals surface area contributed by atoms with Crippen molar-refractivity contribution in [3.05, 3.63) is 193 Å². The second kappa shape index (κ2) is 12.6. The Morgan fingerprint density at radius 2 is 1.06 bits per heavy atom. The Morgan fingerprint density at radius 3 is 1.87 bits per heavy atom. The molecular weight excluding hydrogens is 633 g/mol. The van der Waals surface area contributed by atoms with Gasteiger partial charge in [-0.15, -0.1) is 0 Å². The number of rotatable bonds is 8. The predicted molar refractivity (Wildman–Crippen MR) is 219 cm³/mol. The fraction of sp³-hybridized carbons (Fsp3) is 0.0612. The molecule has 52 heavy (non-hydrogen) atoms. The number of nitrogens with zero attached hydrogens (tertiary/aromatic N) is 2. The lowest BCUT2D eigenvalue weighted by Crippen LogP contribution is -2.12. The first-order valence-corrected chi connectivity index (χ1v) is 18.2. The monoisotopic (exact) mass is 668 g/mol. The SMILES string of the molecule is c1ccc(N(c2ccccc2CCCc2c(-n3c4ccccc4c4ccccc43)ccc3ccccc23)c2cccc3c2oc2ccccc23)cc1. The molecule has 3 nitrogen and oxygen atoms in total. The Labute approximate surface area is 302 Å². The molecule has 0 fully saturated rings. The lowest BCUT2D eigenvalue weighted by molar-refractivity contribution is 0.669. The van der Waals surface area contributed by atoms with Crippen LogP contribution in [-0.4, -0.2) is 4.57 Å². The normalized spacial score (nSPS) is 11.7. The lowest BCUT2D eigenvalue weighted by atomic mass is 9.96. The van der Waals surface area contributed by atoms with Crippen LogP contribution < -0.4 is 4.90 Å². The van der Waals surface area contributed by atoms with Gasteiger partial charge in [-0.25, -0.2) is 0 Å². The van der Waals surface area contributed by atoms with Crippen molar-refractivity contribution in [3.8, 4) is 5.69 Å². The lowest BCUT2D eigenvalue weighted by Gasteiger charge is -2.28. The van der Waals surface area contributed by atoms with Crippen LogP contribution >= 0.6 is 0 Å². The smallest absolute Gasteiger partial charge is 0.159 e. The molecule has 248 valence electrons. The van der Waals surface area contributed by atoms with Crippen LogP contribution in [0.3, 0.4) is 0 Å². The van der Waals surface area contributed by atoms with E-state index in [1.165, 1.54) is 55.1 Å². The van der Waals surface area contributed by atoms with Crippen LogP contribution in [0.4, 0.5) is 17.1 Å². The maximum atomic E-state index is 6.59. The zero-order chi connectivity index (χ0) is 34.4. The average Bonchev–Trinajstić information content (AvgIpc) is 3.76. The summed E-state index contributed by atoms with van der Waals surface area (Å²) in [6, 6.07) is 65.4. The molecule has 0 unspecified atom stereocenters. The molecule has 0 amide bonds. The Hall–Kier alpha value is -6.58. The van der Waals surface area contributed by atoms with Gasteiger partial charge in [-0.2, -0.15) is 0 Å². The third-order valence-corrected chi connectivity index (χ3v) is 10.6. The number of aryl methyl sites for hydroxylation is 2. The standard InChI is InChI=1S/C49H36N2O/c1-2-19-36(20-3-1)50(47-30-15-26-42-41-24-9-13-31-48(41)52-49(42)47)43-27-10-5-17-35(43)18-14-25-38-37-21-6-4-16-34(37)32-33-46(38)51-44-28-11-7-22-39(44)40-23-8-12-29-45(40)51/h1-13,15-17,19-24,26-33H,14,18,25H2. The number of furan rings is 1. The summed E-state index contributed by atoms with van der Waals surface area (Å²) < 4.78 is 9.07. The molecule has 0 atom stereocenters. The fourth-order valence-corrected chi connectivity index (χ4v) is 8.27. The van der Waals surface area contributed by atoms with Gasteiger partial charge in [0.05, 0.1) is 22.4 Å². The number of aromatic nitrogens is 1. The highest BCUT2D eigenvalue weighted by atomic mass is 16.3. The molecule has 2 heterocycles. The van der Waals surface area contributed by atoms with Gasteiger partial charge < -0.3 is 13.9 Å². The van der Waals surface area contributed by atoms with E-state index < -0.39 is 0 Å². The molecule has 0 aliphatic carbocycles. The zero-order valence-electron chi connectivity index (χ0n) is 28.7. The minimum absolute atomic E-state index is 0.897. The Balaban J connectivity index is 1.07. The summed E-state index contributed by atoms with van der Waals surface area (Å²) in [7, 11) is 0. The molecule has 8 aromatic carbocycles. The highest BCUT2D eigenvalue weighted by molar-refractivity contribution is 6.11. The third-order valence-electron chi connectivity index (χ3n) is 10.6. The van der Waals surface area contributed by atoms with Crippen LogP contribution in [0, 0.1) is 0 Å². The molecule has 0 aliphatic rings.